The summed E-state index contributed by atoms with van der Waals surface area (Å²) in [7, 11) is 0. The second-order valence-electron chi connectivity index (χ2n) is 9.22. The van der Waals surface area contributed by atoms with Crippen molar-refractivity contribution in [3.05, 3.63) is 100 Å². The summed E-state index contributed by atoms with van der Waals surface area (Å²) in [6.45, 7) is 1.95. The van der Waals surface area contributed by atoms with E-state index in [0.29, 0.717) is 22.4 Å². The van der Waals surface area contributed by atoms with Crippen molar-refractivity contribution in [1.29, 1.82) is 0 Å². The van der Waals surface area contributed by atoms with Gasteiger partial charge in [0.1, 0.15) is 11.5 Å². The fraction of sp³-hybridized carbons (Fsp3) is 0.233. The molecule has 1 amide bonds. The van der Waals surface area contributed by atoms with Crippen molar-refractivity contribution in [2.75, 3.05) is 11.5 Å². The number of carbonyl (C=O) groups excluding carboxylic acids is 3. The van der Waals surface area contributed by atoms with Gasteiger partial charge in [-0.2, -0.15) is 0 Å². The highest BCUT2D eigenvalue weighted by molar-refractivity contribution is 6.51. The Morgan fingerprint density at radius 2 is 1.57 bits per heavy atom. The Morgan fingerprint density at radius 3 is 2.24 bits per heavy atom. The Labute approximate surface area is 214 Å². The minimum absolute atomic E-state index is 0.0269. The maximum absolute atomic E-state index is 13.4. The Balaban J connectivity index is 1.62. The van der Waals surface area contributed by atoms with Gasteiger partial charge in [-0.15, -0.1) is 0 Å². The third-order valence-corrected chi connectivity index (χ3v) is 6.93. The average Bonchev–Trinajstić information content (AvgIpc) is 3.18. The molecule has 37 heavy (non-hydrogen) atoms. The zero-order chi connectivity index (χ0) is 26.1. The van der Waals surface area contributed by atoms with Gasteiger partial charge in [-0.05, 0) is 91.8 Å². The third kappa shape index (κ3) is 4.48. The molecule has 1 unspecified atom stereocenters. The number of ketones is 1. The van der Waals surface area contributed by atoms with Gasteiger partial charge in [0.2, 0.25) is 0 Å². The first-order chi connectivity index (χ1) is 17.9. The number of hydrogen-bond acceptors (Lipinski definition) is 6. The molecule has 1 saturated heterocycles. The molecule has 1 heterocycles. The number of rotatable bonds is 5. The van der Waals surface area contributed by atoms with E-state index in [4.69, 9.17) is 4.74 Å². The third-order valence-electron chi connectivity index (χ3n) is 6.93. The van der Waals surface area contributed by atoms with E-state index in [1.165, 1.54) is 34.7 Å². The SMILES string of the molecule is CCOC(=O)c1ccc(N2C(=O)C(=O)/C(=C(\O)c3ccc4c(c3)CCCC4)C2c2ccc(O)cc2)cc1. The van der Waals surface area contributed by atoms with E-state index in [1.54, 1.807) is 37.3 Å². The molecule has 7 nitrogen and oxygen atoms in total. The number of ether oxygens (including phenoxy) is 1. The van der Waals surface area contributed by atoms with Crippen LogP contribution in [0.1, 0.15) is 58.4 Å². The van der Waals surface area contributed by atoms with Crippen LogP contribution in [0.4, 0.5) is 5.69 Å². The second-order valence-corrected chi connectivity index (χ2v) is 9.22. The summed E-state index contributed by atoms with van der Waals surface area (Å²) < 4.78 is 5.03. The topological polar surface area (TPSA) is 104 Å². The molecule has 1 aliphatic heterocycles. The standard InChI is InChI=1S/C30H27NO6/c1-2-37-30(36)20-9-13-23(14-10-20)31-26(19-11-15-24(32)16-12-19)25(28(34)29(31)35)27(33)22-8-7-18-5-3-4-6-21(18)17-22/h7-17,26,32-33H,2-6H2,1H3/b27-25-. The van der Waals surface area contributed by atoms with Crippen LogP contribution in [0, 0.1) is 0 Å². The smallest absolute Gasteiger partial charge is 0.338 e. The number of phenols is 1. The van der Waals surface area contributed by atoms with E-state index in [1.807, 2.05) is 12.1 Å². The van der Waals surface area contributed by atoms with E-state index < -0.39 is 23.7 Å². The van der Waals surface area contributed by atoms with Crippen molar-refractivity contribution in [1.82, 2.24) is 0 Å². The average molecular weight is 498 g/mol. The molecule has 0 bridgehead atoms. The van der Waals surface area contributed by atoms with Crippen LogP contribution >= 0.6 is 0 Å². The summed E-state index contributed by atoms with van der Waals surface area (Å²) in [5.41, 5.74) is 4.09. The highest BCUT2D eigenvalue weighted by Gasteiger charge is 2.47. The maximum atomic E-state index is 13.4. The van der Waals surface area contributed by atoms with Gasteiger partial charge in [-0.1, -0.05) is 24.3 Å². The molecule has 0 aromatic heterocycles. The van der Waals surface area contributed by atoms with Crippen molar-refractivity contribution >= 4 is 29.1 Å². The lowest BCUT2D eigenvalue weighted by atomic mass is 9.88. The van der Waals surface area contributed by atoms with Crippen LogP contribution in [0.5, 0.6) is 5.75 Å². The highest BCUT2D eigenvalue weighted by Crippen LogP contribution is 2.42. The van der Waals surface area contributed by atoms with Crippen molar-refractivity contribution < 1.29 is 29.3 Å². The zero-order valence-electron chi connectivity index (χ0n) is 20.4. The number of hydrogen-bond donors (Lipinski definition) is 2. The summed E-state index contributed by atoms with van der Waals surface area (Å²) in [4.78, 5) is 40.1. The summed E-state index contributed by atoms with van der Waals surface area (Å²) in [6.07, 6.45) is 4.07. The van der Waals surface area contributed by atoms with Crippen LogP contribution in [0.3, 0.4) is 0 Å². The molecule has 2 aliphatic rings. The van der Waals surface area contributed by atoms with Crippen LogP contribution in [-0.2, 0) is 27.2 Å². The quantitative estimate of drug-likeness (QED) is 0.221. The molecule has 1 aliphatic carbocycles. The van der Waals surface area contributed by atoms with Crippen LogP contribution in [-0.4, -0.2) is 34.5 Å². The number of phenolic OH excluding ortho intramolecular Hbond substituents is 1. The van der Waals surface area contributed by atoms with E-state index in [2.05, 4.69) is 0 Å². The van der Waals surface area contributed by atoms with Crippen LogP contribution in [0.25, 0.3) is 5.76 Å². The number of nitrogens with zero attached hydrogens (tertiary/aromatic N) is 1. The minimum Gasteiger partial charge on any atom is -0.508 e. The van der Waals surface area contributed by atoms with Crippen molar-refractivity contribution in [3.8, 4) is 5.75 Å². The summed E-state index contributed by atoms with van der Waals surface area (Å²) >= 11 is 0. The number of aliphatic hydroxyl groups excluding tert-OH is 1. The molecule has 7 heteroatoms. The number of carbonyl (C=O) groups is 3. The number of fused-ring (bicyclic) bond motifs is 1. The number of aromatic hydroxyl groups is 1. The van der Waals surface area contributed by atoms with Gasteiger partial charge < -0.3 is 14.9 Å². The first kappa shape index (κ1) is 24.3. The summed E-state index contributed by atoms with van der Waals surface area (Å²) in [5, 5.41) is 21.2. The van der Waals surface area contributed by atoms with Gasteiger partial charge in [0.05, 0.1) is 23.8 Å². The van der Waals surface area contributed by atoms with Crippen LogP contribution in [0.15, 0.2) is 72.3 Å². The molecular weight excluding hydrogens is 470 g/mol. The lowest BCUT2D eigenvalue weighted by molar-refractivity contribution is -0.132. The number of Topliss-reactive ketones (excluding diaryl/α,β-unsaturated/α-hetero) is 1. The van der Waals surface area contributed by atoms with Gasteiger partial charge in [-0.25, -0.2) is 4.79 Å². The first-order valence-corrected chi connectivity index (χ1v) is 12.4. The maximum Gasteiger partial charge on any atom is 0.338 e. The number of amides is 1. The van der Waals surface area contributed by atoms with Gasteiger partial charge in [0.25, 0.3) is 11.7 Å². The van der Waals surface area contributed by atoms with Crippen molar-refractivity contribution in [2.24, 2.45) is 0 Å². The number of aryl methyl sites for hydroxylation is 2. The van der Waals surface area contributed by atoms with Crippen molar-refractivity contribution in [2.45, 2.75) is 38.6 Å². The highest BCUT2D eigenvalue weighted by atomic mass is 16.5. The predicted molar refractivity (Wildman–Crippen MR) is 138 cm³/mol. The number of anilines is 1. The summed E-state index contributed by atoms with van der Waals surface area (Å²) in [5.74, 6) is -2.28. The number of esters is 1. The minimum atomic E-state index is -0.926. The Morgan fingerprint density at radius 1 is 0.919 bits per heavy atom. The fourth-order valence-electron chi connectivity index (χ4n) is 5.08. The van der Waals surface area contributed by atoms with E-state index in [0.717, 1.165) is 31.2 Å². The van der Waals surface area contributed by atoms with E-state index in [-0.39, 0.29) is 23.7 Å². The summed E-state index contributed by atoms with van der Waals surface area (Å²) in [6, 6.07) is 17.1. The van der Waals surface area contributed by atoms with Gasteiger partial charge in [-0.3, -0.25) is 14.5 Å². The molecule has 188 valence electrons. The zero-order valence-corrected chi connectivity index (χ0v) is 20.4. The second kappa shape index (κ2) is 9.93. The lowest BCUT2D eigenvalue weighted by Gasteiger charge is -2.25. The van der Waals surface area contributed by atoms with E-state index >= 15 is 0 Å². The van der Waals surface area contributed by atoms with Crippen LogP contribution < -0.4 is 4.90 Å². The molecule has 0 spiro atoms. The Bertz CT molecular complexity index is 1400. The van der Waals surface area contributed by atoms with E-state index in [9.17, 15) is 24.6 Å². The molecular formula is C30H27NO6. The Kier molecular flexibility index (Phi) is 6.53. The Hall–Kier alpha value is -4.39. The molecule has 0 radical (unpaired) electrons. The molecule has 3 aromatic carbocycles. The number of aliphatic hydroxyl groups is 1. The molecule has 5 rings (SSSR count). The molecule has 1 atom stereocenters. The van der Waals surface area contributed by atoms with Crippen molar-refractivity contribution in [3.63, 3.8) is 0 Å². The lowest BCUT2D eigenvalue weighted by Crippen LogP contribution is -2.29. The van der Waals surface area contributed by atoms with Gasteiger partial charge in [0.15, 0.2) is 0 Å². The number of benzene rings is 3. The largest absolute Gasteiger partial charge is 0.508 e. The van der Waals surface area contributed by atoms with Gasteiger partial charge >= 0.3 is 5.97 Å². The monoisotopic (exact) mass is 497 g/mol. The first-order valence-electron chi connectivity index (χ1n) is 12.4. The molecule has 1 fully saturated rings. The normalized spacial score (nSPS) is 18.5. The van der Waals surface area contributed by atoms with Gasteiger partial charge in [0, 0.05) is 11.3 Å². The molecule has 2 N–H and O–H groups in total. The molecule has 3 aromatic rings. The molecule has 0 saturated carbocycles. The van der Waals surface area contributed by atoms with Crippen LogP contribution in [0.2, 0.25) is 0 Å². The fourth-order valence-corrected chi connectivity index (χ4v) is 5.08. The predicted octanol–water partition coefficient (Wildman–Crippen LogP) is 5.07.